The smallest absolute Gasteiger partial charge is 0.251 e. The molecule has 0 atom stereocenters. The molecule has 1 aliphatic heterocycles. The molecule has 1 aliphatic rings. The van der Waals surface area contributed by atoms with Crippen LogP contribution >= 0.6 is 0 Å². The Labute approximate surface area is 185 Å². The molecular formula is C26H25F2N3O. The van der Waals surface area contributed by atoms with Crippen LogP contribution in [0.1, 0.15) is 35.7 Å². The van der Waals surface area contributed by atoms with E-state index in [9.17, 15) is 8.78 Å². The average Bonchev–Trinajstić information content (AvgIpc) is 3.31. The van der Waals surface area contributed by atoms with Crippen LogP contribution in [-0.4, -0.2) is 28.6 Å². The van der Waals surface area contributed by atoms with Crippen molar-refractivity contribution >= 4 is 28.9 Å². The van der Waals surface area contributed by atoms with Gasteiger partial charge >= 0.3 is 0 Å². The Hall–Kier alpha value is -3.41. The van der Waals surface area contributed by atoms with Crippen LogP contribution in [0.2, 0.25) is 0 Å². The summed E-state index contributed by atoms with van der Waals surface area (Å²) in [5.41, 5.74) is 6.85. The number of alkyl halides is 2. The molecule has 0 radical (unpaired) electrons. The van der Waals surface area contributed by atoms with Crippen LogP contribution in [-0.2, 0) is 0 Å². The van der Waals surface area contributed by atoms with E-state index in [0.29, 0.717) is 24.6 Å². The molecule has 0 unspecified atom stereocenters. The van der Waals surface area contributed by atoms with Gasteiger partial charge in [-0.3, -0.25) is 0 Å². The number of anilines is 1. The molecule has 5 rings (SSSR count). The maximum Gasteiger partial charge on any atom is 0.251 e. The van der Waals surface area contributed by atoms with Gasteiger partial charge in [0.2, 0.25) is 5.89 Å². The maximum absolute atomic E-state index is 13.5. The lowest BCUT2D eigenvalue weighted by atomic mass is 10.1. The number of benzene rings is 2. The second kappa shape index (κ2) is 7.93. The number of nitrogens with zero attached hydrogens (tertiary/aromatic N) is 3. The van der Waals surface area contributed by atoms with Crippen LogP contribution < -0.4 is 4.90 Å². The first-order valence-electron chi connectivity index (χ1n) is 10.9. The predicted octanol–water partition coefficient (Wildman–Crippen LogP) is 6.64. The van der Waals surface area contributed by atoms with E-state index < -0.39 is 5.92 Å². The lowest BCUT2D eigenvalue weighted by Crippen LogP contribution is -2.39. The van der Waals surface area contributed by atoms with Gasteiger partial charge in [-0.05, 0) is 61.9 Å². The highest BCUT2D eigenvalue weighted by atomic mass is 19.3. The minimum atomic E-state index is -2.55. The molecule has 0 N–H and O–H groups in total. The van der Waals surface area contributed by atoms with Crippen molar-refractivity contribution in [3.8, 4) is 5.69 Å². The van der Waals surface area contributed by atoms with Crippen molar-refractivity contribution in [2.24, 2.45) is 0 Å². The molecule has 0 amide bonds. The highest BCUT2D eigenvalue weighted by molar-refractivity contribution is 5.80. The number of hydrogen-bond acceptors (Lipinski definition) is 3. The number of hydrogen-bond donors (Lipinski definition) is 0. The Morgan fingerprint density at radius 2 is 1.69 bits per heavy atom. The van der Waals surface area contributed by atoms with Gasteiger partial charge < -0.3 is 13.9 Å². The number of aryl methyl sites for hydroxylation is 1. The second-order valence-electron chi connectivity index (χ2n) is 8.38. The zero-order valence-electron chi connectivity index (χ0n) is 18.2. The number of oxazole rings is 1. The van der Waals surface area contributed by atoms with Gasteiger partial charge in [-0.15, -0.1) is 0 Å². The summed E-state index contributed by atoms with van der Waals surface area (Å²) < 4.78 is 35.0. The Balaban J connectivity index is 1.38. The Morgan fingerprint density at radius 1 is 0.938 bits per heavy atom. The summed E-state index contributed by atoms with van der Waals surface area (Å²) in [5, 5.41) is 0. The molecule has 2 aromatic carbocycles. The molecule has 6 heteroatoms. The van der Waals surface area contributed by atoms with E-state index in [1.54, 1.807) is 0 Å². The van der Waals surface area contributed by atoms with Crippen molar-refractivity contribution in [1.82, 2.24) is 9.55 Å². The van der Waals surface area contributed by atoms with Crippen LogP contribution in [0, 0.1) is 13.8 Å². The SMILES string of the molecule is Cc1cc(/C=C/c2nc3cc(N4CCC(F)(F)CC4)ccc3o2)c(C)n1-c1ccccc1. The maximum atomic E-state index is 13.5. The molecule has 3 heterocycles. The Bertz CT molecular complexity index is 1280. The van der Waals surface area contributed by atoms with Crippen molar-refractivity contribution in [3.05, 3.63) is 77.4 Å². The molecule has 1 fully saturated rings. The fraction of sp³-hybridized carbons (Fsp3) is 0.269. The van der Waals surface area contributed by atoms with Gasteiger partial charge in [0.05, 0.1) is 0 Å². The summed E-state index contributed by atoms with van der Waals surface area (Å²) in [6, 6.07) is 18.1. The fourth-order valence-corrected chi connectivity index (χ4v) is 4.39. The van der Waals surface area contributed by atoms with E-state index in [-0.39, 0.29) is 12.8 Å². The van der Waals surface area contributed by atoms with Crippen LogP contribution in [0.15, 0.2) is 59.0 Å². The van der Waals surface area contributed by atoms with E-state index in [1.807, 2.05) is 53.5 Å². The van der Waals surface area contributed by atoms with Crippen molar-refractivity contribution < 1.29 is 13.2 Å². The van der Waals surface area contributed by atoms with E-state index in [0.717, 1.165) is 33.8 Å². The van der Waals surface area contributed by atoms with Crippen molar-refractivity contribution in [2.75, 3.05) is 18.0 Å². The van der Waals surface area contributed by atoms with Crippen molar-refractivity contribution in [3.63, 3.8) is 0 Å². The van der Waals surface area contributed by atoms with Gasteiger partial charge in [-0.2, -0.15) is 0 Å². The summed E-state index contributed by atoms with van der Waals surface area (Å²) in [4.78, 5) is 6.58. The highest BCUT2D eigenvalue weighted by Gasteiger charge is 2.34. The van der Waals surface area contributed by atoms with Crippen LogP contribution in [0.25, 0.3) is 28.9 Å². The van der Waals surface area contributed by atoms with Gasteiger partial charge in [-0.1, -0.05) is 18.2 Å². The highest BCUT2D eigenvalue weighted by Crippen LogP contribution is 2.32. The number of fused-ring (bicyclic) bond motifs is 1. The minimum Gasteiger partial charge on any atom is -0.437 e. The number of piperidine rings is 1. The zero-order chi connectivity index (χ0) is 22.3. The molecule has 2 aromatic heterocycles. The minimum absolute atomic E-state index is 0.112. The first-order chi connectivity index (χ1) is 15.4. The molecular weight excluding hydrogens is 408 g/mol. The van der Waals surface area contributed by atoms with Crippen LogP contribution in [0.3, 0.4) is 0 Å². The van der Waals surface area contributed by atoms with Gasteiger partial charge in [0, 0.05) is 54.8 Å². The summed E-state index contributed by atoms with van der Waals surface area (Å²) in [6.07, 6.45) is 3.66. The van der Waals surface area contributed by atoms with E-state index in [2.05, 4.69) is 41.6 Å². The van der Waals surface area contributed by atoms with E-state index in [4.69, 9.17) is 4.42 Å². The number of rotatable bonds is 4. The zero-order valence-corrected chi connectivity index (χ0v) is 18.2. The van der Waals surface area contributed by atoms with Gasteiger partial charge in [0.25, 0.3) is 5.92 Å². The van der Waals surface area contributed by atoms with Crippen molar-refractivity contribution in [1.29, 1.82) is 0 Å². The van der Waals surface area contributed by atoms with Crippen LogP contribution in [0.4, 0.5) is 14.5 Å². The van der Waals surface area contributed by atoms with Crippen LogP contribution in [0.5, 0.6) is 0 Å². The Kier molecular flexibility index (Phi) is 5.08. The molecule has 4 aromatic rings. The van der Waals surface area contributed by atoms with E-state index >= 15 is 0 Å². The summed E-state index contributed by atoms with van der Waals surface area (Å²) in [5.74, 6) is -2.03. The predicted molar refractivity (Wildman–Crippen MR) is 125 cm³/mol. The van der Waals surface area contributed by atoms with Gasteiger partial charge in [0.15, 0.2) is 5.58 Å². The van der Waals surface area contributed by atoms with Crippen molar-refractivity contribution in [2.45, 2.75) is 32.6 Å². The third kappa shape index (κ3) is 3.93. The summed E-state index contributed by atoms with van der Waals surface area (Å²) >= 11 is 0. The standard InChI is InChI=1S/C26H25F2N3O/c1-18-16-20(19(2)31(18)21-6-4-3-5-7-21)8-11-25-29-23-17-22(9-10-24(23)32-25)30-14-12-26(27,28)13-15-30/h3-11,16-17H,12-15H2,1-2H3/b11-8+. The molecule has 0 bridgehead atoms. The van der Waals surface area contributed by atoms with E-state index in [1.165, 1.54) is 0 Å². The number of halogens is 2. The monoisotopic (exact) mass is 433 g/mol. The first kappa shape index (κ1) is 20.5. The summed E-state index contributed by atoms with van der Waals surface area (Å²) in [6.45, 7) is 4.88. The van der Waals surface area contributed by atoms with Gasteiger partial charge in [-0.25, -0.2) is 13.8 Å². The molecule has 1 saturated heterocycles. The second-order valence-corrected chi connectivity index (χ2v) is 8.38. The van der Waals surface area contributed by atoms with Gasteiger partial charge in [0.1, 0.15) is 5.52 Å². The third-order valence-electron chi connectivity index (χ3n) is 6.14. The topological polar surface area (TPSA) is 34.2 Å². The molecule has 4 nitrogen and oxygen atoms in total. The number of para-hydroxylation sites is 1. The third-order valence-corrected chi connectivity index (χ3v) is 6.14. The molecule has 0 aliphatic carbocycles. The Morgan fingerprint density at radius 3 is 2.44 bits per heavy atom. The first-order valence-corrected chi connectivity index (χ1v) is 10.9. The molecule has 0 spiro atoms. The molecule has 164 valence electrons. The molecule has 0 saturated carbocycles. The quantitative estimate of drug-likeness (QED) is 0.362. The lowest BCUT2D eigenvalue weighted by Gasteiger charge is -2.33. The lowest BCUT2D eigenvalue weighted by molar-refractivity contribution is -0.0220. The largest absolute Gasteiger partial charge is 0.437 e. The normalized spacial score (nSPS) is 16.3. The average molecular weight is 434 g/mol. The molecule has 32 heavy (non-hydrogen) atoms. The fourth-order valence-electron chi connectivity index (χ4n) is 4.39. The summed E-state index contributed by atoms with van der Waals surface area (Å²) in [7, 11) is 0. The number of aromatic nitrogens is 2.